The van der Waals surface area contributed by atoms with E-state index in [0.717, 1.165) is 35.8 Å². The molecule has 0 aliphatic heterocycles. The van der Waals surface area contributed by atoms with Crippen molar-refractivity contribution in [2.75, 3.05) is 16.0 Å². The minimum atomic E-state index is -0.160. The lowest BCUT2D eigenvalue weighted by Crippen LogP contribution is -2.26. The Morgan fingerprint density at radius 3 is 2.60 bits per heavy atom. The molecule has 1 saturated carbocycles. The molecule has 1 aliphatic rings. The van der Waals surface area contributed by atoms with Gasteiger partial charge in [0.15, 0.2) is 5.82 Å². The second-order valence-corrected chi connectivity index (χ2v) is 9.99. The number of benzene rings is 1. The highest BCUT2D eigenvalue weighted by molar-refractivity contribution is 5.91. The number of hydrogen-bond donors (Lipinski definition) is 5. The first-order chi connectivity index (χ1) is 19.5. The van der Waals surface area contributed by atoms with Crippen LogP contribution in [0.2, 0.25) is 0 Å². The molecule has 0 radical (unpaired) electrons. The Morgan fingerprint density at radius 1 is 0.975 bits per heavy atom. The Hall–Kier alpha value is -4.67. The Labute approximate surface area is 232 Å². The number of hydrogen-bond acceptors (Lipinski definition) is 8. The minimum Gasteiger partial charge on any atom is -0.467 e. The lowest BCUT2D eigenvalue weighted by molar-refractivity contribution is -0.122. The minimum absolute atomic E-state index is 0.0215. The number of rotatable bonds is 14. The van der Waals surface area contributed by atoms with E-state index in [1.54, 1.807) is 24.6 Å². The SMILES string of the molecule is C[C@H](NC(=O)CCCCCC(=O)Nc1cccc(Nc2nccc(Nc3cc(C4CC4)[nH]n3)n2)c1)c1ccco1. The van der Waals surface area contributed by atoms with Gasteiger partial charge in [-0.25, -0.2) is 4.98 Å². The highest BCUT2D eigenvalue weighted by atomic mass is 16.3. The van der Waals surface area contributed by atoms with Crippen LogP contribution in [0.1, 0.15) is 75.3 Å². The largest absolute Gasteiger partial charge is 0.467 e. The fourth-order valence-corrected chi connectivity index (χ4v) is 4.32. The van der Waals surface area contributed by atoms with E-state index in [2.05, 4.69) is 41.4 Å². The number of furan rings is 1. The molecule has 3 heterocycles. The Bertz CT molecular complexity index is 1410. The van der Waals surface area contributed by atoms with Crippen LogP contribution in [0.15, 0.2) is 65.4 Å². The molecule has 1 aromatic carbocycles. The van der Waals surface area contributed by atoms with Gasteiger partial charge < -0.3 is 25.7 Å². The number of anilines is 5. The summed E-state index contributed by atoms with van der Waals surface area (Å²) in [6, 6.07) is 14.7. The van der Waals surface area contributed by atoms with E-state index in [4.69, 9.17) is 4.42 Å². The third-order valence-electron chi connectivity index (χ3n) is 6.58. The average Bonchev–Trinajstić information content (AvgIpc) is 3.42. The highest BCUT2D eigenvalue weighted by Crippen LogP contribution is 2.39. The van der Waals surface area contributed by atoms with Gasteiger partial charge in [0.25, 0.3) is 0 Å². The van der Waals surface area contributed by atoms with Crippen LogP contribution in [0.4, 0.5) is 29.0 Å². The van der Waals surface area contributed by atoms with Crippen LogP contribution < -0.4 is 21.3 Å². The van der Waals surface area contributed by atoms with Gasteiger partial charge in [-0.1, -0.05) is 12.5 Å². The third kappa shape index (κ3) is 7.92. The molecule has 11 nitrogen and oxygen atoms in total. The zero-order valence-electron chi connectivity index (χ0n) is 22.4. The molecular formula is C29H34N8O3. The number of H-pyrrole nitrogens is 1. The highest BCUT2D eigenvalue weighted by Gasteiger charge is 2.25. The van der Waals surface area contributed by atoms with Gasteiger partial charge in [-0.05, 0) is 69.0 Å². The molecule has 40 heavy (non-hydrogen) atoms. The molecule has 3 aromatic heterocycles. The van der Waals surface area contributed by atoms with E-state index in [-0.39, 0.29) is 17.9 Å². The number of carbonyl (C=O) groups excluding carboxylic acids is 2. The van der Waals surface area contributed by atoms with Crippen molar-refractivity contribution in [3.8, 4) is 0 Å². The maximum atomic E-state index is 12.5. The van der Waals surface area contributed by atoms with Gasteiger partial charge in [-0.3, -0.25) is 14.7 Å². The Balaban J connectivity index is 1.03. The first-order valence-electron chi connectivity index (χ1n) is 13.7. The van der Waals surface area contributed by atoms with Crippen LogP contribution in [0, 0.1) is 0 Å². The molecule has 208 valence electrons. The van der Waals surface area contributed by atoms with Gasteiger partial charge in [0.1, 0.15) is 11.6 Å². The van der Waals surface area contributed by atoms with Crippen molar-refractivity contribution in [3.63, 3.8) is 0 Å². The summed E-state index contributed by atoms with van der Waals surface area (Å²) in [5.74, 6) is 3.01. The Morgan fingerprint density at radius 2 is 1.80 bits per heavy atom. The zero-order chi connectivity index (χ0) is 27.7. The molecule has 1 aliphatic carbocycles. The molecule has 0 bridgehead atoms. The van der Waals surface area contributed by atoms with E-state index in [1.807, 2.05) is 43.3 Å². The van der Waals surface area contributed by atoms with E-state index < -0.39 is 0 Å². The second-order valence-electron chi connectivity index (χ2n) is 9.99. The molecule has 0 unspecified atom stereocenters. The maximum Gasteiger partial charge on any atom is 0.229 e. The van der Waals surface area contributed by atoms with Crippen molar-refractivity contribution in [2.45, 2.75) is 63.8 Å². The third-order valence-corrected chi connectivity index (χ3v) is 6.58. The van der Waals surface area contributed by atoms with Crippen molar-refractivity contribution < 1.29 is 14.0 Å². The fourth-order valence-electron chi connectivity index (χ4n) is 4.32. The lowest BCUT2D eigenvalue weighted by Gasteiger charge is -2.11. The number of carbonyl (C=O) groups is 2. The predicted octanol–water partition coefficient (Wildman–Crippen LogP) is 5.92. The molecule has 4 aromatic rings. The first-order valence-corrected chi connectivity index (χ1v) is 13.7. The number of aromatic nitrogens is 4. The topological polar surface area (TPSA) is 150 Å². The number of unbranched alkanes of at least 4 members (excludes halogenated alkanes) is 2. The lowest BCUT2D eigenvalue weighted by atomic mass is 10.1. The number of nitrogens with one attached hydrogen (secondary N) is 5. The molecule has 2 amide bonds. The molecular weight excluding hydrogens is 508 g/mol. The average molecular weight is 543 g/mol. The van der Waals surface area contributed by atoms with Gasteiger partial charge in [-0.2, -0.15) is 10.1 Å². The van der Waals surface area contributed by atoms with Gasteiger partial charge in [0.2, 0.25) is 17.8 Å². The van der Waals surface area contributed by atoms with E-state index >= 15 is 0 Å². The quantitative estimate of drug-likeness (QED) is 0.123. The van der Waals surface area contributed by atoms with Crippen molar-refractivity contribution >= 4 is 40.8 Å². The van der Waals surface area contributed by atoms with Crippen LogP contribution in [0.3, 0.4) is 0 Å². The number of amides is 2. The Kier molecular flexibility index (Phi) is 8.69. The van der Waals surface area contributed by atoms with Crippen LogP contribution >= 0.6 is 0 Å². The molecule has 5 rings (SSSR count). The zero-order valence-corrected chi connectivity index (χ0v) is 22.4. The van der Waals surface area contributed by atoms with Gasteiger partial charge in [0, 0.05) is 48.1 Å². The summed E-state index contributed by atoms with van der Waals surface area (Å²) < 4.78 is 5.31. The van der Waals surface area contributed by atoms with Crippen molar-refractivity contribution in [1.82, 2.24) is 25.5 Å². The summed E-state index contributed by atoms with van der Waals surface area (Å²) in [6.45, 7) is 1.89. The first kappa shape index (κ1) is 26.9. The summed E-state index contributed by atoms with van der Waals surface area (Å²) in [5.41, 5.74) is 2.58. The van der Waals surface area contributed by atoms with E-state index in [9.17, 15) is 9.59 Å². The molecule has 0 spiro atoms. The molecule has 5 N–H and O–H groups in total. The standard InChI is InChI=1S/C29H34N8O3/c1-19(24-9-6-16-40-24)31-27(38)10-3-2-4-11-28(39)32-21-7-5-8-22(17-21)33-29-30-15-14-25(35-29)34-26-18-23(36-37-26)20-12-13-20/h5-9,14-20H,2-4,10-13H2,1H3,(H,31,38)(H,32,39)(H3,30,33,34,35,36,37)/t19-/m0/s1. The smallest absolute Gasteiger partial charge is 0.229 e. The monoisotopic (exact) mass is 542 g/mol. The van der Waals surface area contributed by atoms with Gasteiger partial charge in [0.05, 0.1) is 12.3 Å². The summed E-state index contributed by atoms with van der Waals surface area (Å²) >= 11 is 0. The van der Waals surface area contributed by atoms with E-state index in [1.165, 1.54) is 12.8 Å². The number of nitrogens with zero attached hydrogens (tertiary/aromatic N) is 3. The molecule has 1 fully saturated rings. The second kappa shape index (κ2) is 12.9. The molecule has 11 heteroatoms. The van der Waals surface area contributed by atoms with Crippen molar-refractivity contribution in [1.29, 1.82) is 0 Å². The number of aromatic amines is 1. The molecule has 0 saturated heterocycles. The van der Waals surface area contributed by atoms with Crippen molar-refractivity contribution in [2.24, 2.45) is 0 Å². The van der Waals surface area contributed by atoms with Gasteiger partial charge in [-0.15, -0.1) is 0 Å². The van der Waals surface area contributed by atoms with Crippen LogP contribution in [-0.2, 0) is 9.59 Å². The summed E-state index contributed by atoms with van der Waals surface area (Å²) in [7, 11) is 0. The normalized spacial score (nSPS) is 13.4. The maximum absolute atomic E-state index is 12.5. The van der Waals surface area contributed by atoms with Crippen molar-refractivity contribution in [3.05, 3.63) is 72.4 Å². The summed E-state index contributed by atoms with van der Waals surface area (Å²) in [5, 5.41) is 19.6. The van der Waals surface area contributed by atoms with Crippen LogP contribution in [0.25, 0.3) is 0 Å². The summed E-state index contributed by atoms with van der Waals surface area (Å²) in [4.78, 5) is 33.4. The van der Waals surface area contributed by atoms with Crippen LogP contribution in [-0.4, -0.2) is 32.0 Å². The predicted molar refractivity (Wildman–Crippen MR) is 153 cm³/mol. The fraction of sp³-hybridized carbons (Fsp3) is 0.345. The van der Waals surface area contributed by atoms with Crippen LogP contribution in [0.5, 0.6) is 0 Å². The molecule has 1 atom stereocenters. The summed E-state index contributed by atoms with van der Waals surface area (Å²) in [6.07, 6.45) is 8.69. The van der Waals surface area contributed by atoms with E-state index in [0.29, 0.717) is 42.6 Å². The van der Waals surface area contributed by atoms with Gasteiger partial charge >= 0.3 is 0 Å².